The minimum Gasteiger partial charge on any atom is -0.353 e. The van der Waals surface area contributed by atoms with Crippen molar-refractivity contribution in [3.8, 4) is 0 Å². The molecule has 112 valence electrons. The van der Waals surface area contributed by atoms with E-state index in [4.69, 9.17) is 0 Å². The number of imidazole rings is 1. The van der Waals surface area contributed by atoms with E-state index >= 15 is 0 Å². The standard InChI is InChI=1S/C15H18BrFN4/c1-10(2)14-18-3-4-20(14)7-11-8-21(9-11)15-13(17)5-12(16)6-19-15/h3-6,10-11H,7-9H2,1-2H3. The summed E-state index contributed by atoms with van der Waals surface area (Å²) >= 11 is 3.23. The third-order valence-electron chi connectivity index (χ3n) is 3.76. The topological polar surface area (TPSA) is 34.0 Å². The van der Waals surface area contributed by atoms with Crippen LogP contribution >= 0.6 is 15.9 Å². The predicted octanol–water partition coefficient (Wildman–Crippen LogP) is 3.44. The smallest absolute Gasteiger partial charge is 0.166 e. The van der Waals surface area contributed by atoms with Crippen LogP contribution in [0.15, 0.2) is 29.1 Å². The van der Waals surface area contributed by atoms with Gasteiger partial charge in [0.05, 0.1) is 0 Å². The molecular weight excluding hydrogens is 335 g/mol. The van der Waals surface area contributed by atoms with Gasteiger partial charge in [-0.25, -0.2) is 14.4 Å². The molecule has 0 aliphatic carbocycles. The van der Waals surface area contributed by atoms with Crippen molar-refractivity contribution in [3.63, 3.8) is 0 Å². The summed E-state index contributed by atoms with van der Waals surface area (Å²) in [5, 5.41) is 0. The van der Waals surface area contributed by atoms with Crippen molar-refractivity contribution in [2.75, 3.05) is 18.0 Å². The second kappa shape index (κ2) is 5.75. The monoisotopic (exact) mass is 352 g/mol. The Bertz CT molecular complexity index is 634. The van der Waals surface area contributed by atoms with Gasteiger partial charge in [-0.1, -0.05) is 13.8 Å². The second-order valence-electron chi connectivity index (χ2n) is 5.82. The Kier molecular flexibility index (Phi) is 3.97. The molecule has 2 aromatic rings. The Morgan fingerprint density at radius 2 is 2.14 bits per heavy atom. The van der Waals surface area contributed by atoms with Gasteiger partial charge in [-0.15, -0.1) is 0 Å². The van der Waals surface area contributed by atoms with Crippen LogP contribution in [0.2, 0.25) is 0 Å². The number of pyridine rings is 1. The van der Waals surface area contributed by atoms with Crippen molar-refractivity contribution < 1.29 is 4.39 Å². The van der Waals surface area contributed by atoms with E-state index in [1.54, 1.807) is 6.20 Å². The highest BCUT2D eigenvalue weighted by atomic mass is 79.9. The van der Waals surface area contributed by atoms with Crippen molar-refractivity contribution in [2.45, 2.75) is 26.3 Å². The van der Waals surface area contributed by atoms with Crippen molar-refractivity contribution >= 4 is 21.7 Å². The lowest BCUT2D eigenvalue weighted by Gasteiger charge is -2.40. The summed E-state index contributed by atoms with van der Waals surface area (Å²) in [5.41, 5.74) is 0. The fraction of sp³-hybridized carbons (Fsp3) is 0.467. The van der Waals surface area contributed by atoms with Crippen LogP contribution in [0.3, 0.4) is 0 Å². The van der Waals surface area contributed by atoms with E-state index in [2.05, 4.69) is 44.3 Å². The second-order valence-corrected chi connectivity index (χ2v) is 6.74. The van der Waals surface area contributed by atoms with E-state index < -0.39 is 0 Å². The molecule has 0 saturated carbocycles. The van der Waals surface area contributed by atoms with Gasteiger partial charge < -0.3 is 9.47 Å². The highest BCUT2D eigenvalue weighted by Gasteiger charge is 2.30. The summed E-state index contributed by atoms with van der Waals surface area (Å²) in [6.45, 7) is 6.89. The Labute approximate surface area is 132 Å². The van der Waals surface area contributed by atoms with E-state index in [0.29, 0.717) is 22.1 Å². The van der Waals surface area contributed by atoms with Crippen molar-refractivity contribution in [1.29, 1.82) is 0 Å². The van der Waals surface area contributed by atoms with Gasteiger partial charge in [0.2, 0.25) is 0 Å². The van der Waals surface area contributed by atoms with Crippen LogP contribution in [0.25, 0.3) is 0 Å². The average Bonchev–Trinajstić information content (AvgIpc) is 2.82. The largest absolute Gasteiger partial charge is 0.353 e. The summed E-state index contributed by atoms with van der Waals surface area (Å²) in [7, 11) is 0. The maximum Gasteiger partial charge on any atom is 0.166 e. The number of aromatic nitrogens is 3. The van der Waals surface area contributed by atoms with Crippen LogP contribution in [0.4, 0.5) is 10.2 Å². The molecule has 0 N–H and O–H groups in total. The molecule has 3 rings (SSSR count). The fourth-order valence-corrected chi connectivity index (χ4v) is 3.06. The lowest BCUT2D eigenvalue weighted by atomic mass is 9.99. The normalized spacial score (nSPS) is 15.6. The number of nitrogens with zero attached hydrogens (tertiary/aromatic N) is 4. The quantitative estimate of drug-likeness (QED) is 0.845. The molecule has 0 atom stereocenters. The molecule has 6 heteroatoms. The van der Waals surface area contributed by atoms with Crippen LogP contribution in [0.1, 0.15) is 25.6 Å². The fourth-order valence-electron chi connectivity index (χ4n) is 2.75. The number of rotatable bonds is 4. The maximum absolute atomic E-state index is 13.8. The van der Waals surface area contributed by atoms with Crippen molar-refractivity contribution in [3.05, 3.63) is 40.8 Å². The molecule has 2 aromatic heterocycles. The van der Waals surface area contributed by atoms with Gasteiger partial charge in [0.1, 0.15) is 5.82 Å². The Morgan fingerprint density at radius 1 is 1.38 bits per heavy atom. The number of hydrogen-bond acceptors (Lipinski definition) is 3. The number of halogens is 2. The maximum atomic E-state index is 13.8. The highest BCUT2D eigenvalue weighted by molar-refractivity contribution is 9.10. The zero-order valence-corrected chi connectivity index (χ0v) is 13.7. The van der Waals surface area contributed by atoms with Crippen LogP contribution in [-0.4, -0.2) is 27.6 Å². The van der Waals surface area contributed by atoms with E-state index in [9.17, 15) is 4.39 Å². The molecule has 21 heavy (non-hydrogen) atoms. The summed E-state index contributed by atoms with van der Waals surface area (Å²) in [6, 6.07) is 1.46. The Morgan fingerprint density at radius 3 is 2.81 bits per heavy atom. The van der Waals surface area contributed by atoms with Gasteiger partial charge in [0, 0.05) is 54.5 Å². The summed E-state index contributed by atoms with van der Waals surface area (Å²) in [4.78, 5) is 10.5. The SMILES string of the molecule is CC(C)c1nccn1CC1CN(c2ncc(Br)cc2F)C1. The molecule has 0 amide bonds. The van der Waals surface area contributed by atoms with Crippen LogP contribution in [-0.2, 0) is 6.54 Å². The van der Waals surface area contributed by atoms with Gasteiger partial charge in [-0.2, -0.15) is 0 Å². The van der Waals surface area contributed by atoms with E-state index in [1.807, 2.05) is 17.3 Å². The summed E-state index contributed by atoms with van der Waals surface area (Å²) < 4.78 is 16.7. The van der Waals surface area contributed by atoms with Gasteiger partial charge in [-0.3, -0.25) is 0 Å². The van der Waals surface area contributed by atoms with Crippen molar-refractivity contribution in [2.24, 2.45) is 5.92 Å². The number of hydrogen-bond donors (Lipinski definition) is 0. The highest BCUT2D eigenvalue weighted by Crippen LogP contribution is 2.28. The van der Waals surface area contributed by atoms with Crippen LogP contribution < -0.4 is 4.90 Å². The molecule has 4 nitrogen and oxygen atoms in total. The molecule has 1 saturated heterocycles. The number of anilines is 1. The van der Waals surface area contributed by atoms with Gasteiger partial charge in [0.15, 0.2) is 11.6 Å². The van der Waals surface area contributed by atoms with E-state index in [1.165, 1.54) is 6.07 Å². The van der Waals surface area contributed by atoms with Crippen LogP contribution in [0.5, 0.6) is 0 Å². The van der Waals surface area contributed by atoms with E-state index in [-0.39, 0.29) is 5.82 Å². The van der Waals surface area contributed by atoms with E-state index in [0.717, 1.165) is 25.5 Å². The lowest BCUT2D eigenvalue weighted by Crippen LogP contribution is -2.49. The van der Waals surface area contributed by atoms with Gasteiger partial charge in [-0.05, 0) is 22.0 Å². The minimum atomic E-state index is -0.270. The Hall–Kier alpha value is -1.43. The first kappa shape index (κ1) is 14.5. The molecule has 0 spiro atoms. The summed E-state index contributed by atoms with van der Waals surface area (Å²) in [6.07, 6.45) is 5.51. The van der Waals surface area contributed by atoms with Crippen LogP contribution in [0, 0.1) is 11.7 Å². The van der Waals surface area contributed by atoms with Gasteiger partial charge in [0.25, 0.3) is 0 Å². The molecular formula is C15H18BrFN4. The first-order valence-corrected chi connectivity index (χ1v) is 7.91. The zero-order chi connectivity index (χ0) is 15.0. The predicted molar refractivity (Wildman–Crippen MR) is 83.9 cm³/mol. The average molecular weight is 353 g/mol. The third kappa shape index (κ3) is 2.95. The first-order valence-electron chi connectivity index (χ1n) is 7.11. The third-order valence-corrected chi connectivity index (χ3v) is 4.20. The van der Waals surface area contributed by atoms with Gasteiger partial charge >= 0.3 is 0 Å². The van der Waals surface area contributed by atoms with Crippen molar-refractivity contribution in [1.82, 2.24) is 14.5 Å². The lowest BCUT2D eigenvalue weighted by molar-refractivity contribution is 0.345. The Balaban J connectivity index is 1.62. The molecule has 0 aromatic carbocycles. The molecule has 1 aliphatic heterocycles. The molecule has 0 radical (unpaired) electrons. The summed E-state index contributed by atoms with van der Waals surface area (Å²) in [5.74, 6) is 2.22. The molecule has 1 aliphatic rings. The molecule has 0 bridgehead atoms. The first-order chi connectivity index (χ1) is 10.0. The molecule has 3 heterocycles. The zero-order valence-electron chi connectivity index (χ0n) is 12.1. The molecule has 0 unspecified atom stereocenters. The minimum absolute atomic E-state index is 0.270. The molecule has 1 fully saturated rings.